The minimum Gasteiger partial charge on any atom is -0.490 e. The number of piperidine rings is 1. The normalized spacial score (nSPS) is 18.7. The molecule has 0 spiro atoms. The van der Waals surface area contributed by atoms with Gasteiger partial charge < -0.3 is 24.5 Å². The molecule has 11 nitrogen and oxygen atoms in total. The van der Waals surface area contributed by atoms with Gasteiger partial charge in [0.05, 0.1) is 22.0 Å². The van der Waals surface area contributed by atoms with Gasteiger partial charge in [0.25, 0.3) is 10.1 Å². The Labute approximate surface area is 294 Å². The first-order valence-electron chi connectivity index (χ1n) is 16.9. The summed E-state index contributed by atoms with van der Waals surface area (Å²) >= 11 is 0. The first-order chi connectivity index (χ1) is 24.2. The Morgan fingerprint density at radius 1 is 0.961 bits per heavy atom. The van der Waals surface area contributed by atoms with Gasteiger partial charge in [0.15, 0.2) is 17.5 Å². The number of anilines is 1. The van der Waals surface area contributed by atoms with Gasteiger partial charge in [-0.2, -0.15) is 13.4 Å². The number of nitrogens with two attached hydrogens (primary N) is 1. The number of nitrogens with zero attached hydrogens (tertiary/aromatic N) is 5. The lowest BCUT2D eigenvalue weighted by molar-refractivity contribution is 0.132. The molecule has 0 aliphatic carbocycles. The molecule has 0 bridgehead atoms. The van der Waals surface area contributed by atoms with E-state index < -0.39 is 39.5 Å². The van der Waals surface area contributed by atoms with Crippen LogP contribution in [-0.4, -0.2) is 57.9 Å². The summed E-state index contributed by atoms with van der Waals surface area (Å²) < 4.78 is 85.2. The van der Waals surface area contributed by atoms with Crippen LogP contribution < -0.4 is 15.4 Å². The molecule has 272 valence electrons. The fraction of sp³-hybridized carbons (Fsp3) is 0.417. The van der Waals surface area contributed by atoms with Gasteiger partial charge >= 0.3 is 6.01 Å². The smallest absolute Gasteiger partial charge is 0.324 e. The van der Waals surface area contributed by atoms with E-state index in [0.717, 1.165) is 66.0 Å². The molecule has 51 heavy (non-hydrogen) atoms. The van der Waals surface area contributed by atoms with Crippen molar-refractivity contribution >= 4 is 27.2 Å². The lowest BCUT2D eigenvalue weighted by Gasteiger charge is -2.33. The van der Waals surface area contributed by atoms with Crippen molar-refractivity contribution in [3.63, 3.8) is 0 Å². The summed E-state index contributed by atoms with van der Waals surface area (Å²) in [6.07, 6.45) is 2.21. The van der Waals surface area contributed by atoms with Gasteiger partial charge in [-0.25, -0.2) is 18.2 Å². The summed E-state index contributed by atoms with van der Waals surface area (Å²) in [5.74, 6) is -0.826. The van der Waals surface area contributed by atoms with Gasteiger partial charge in [-0.1, -0.05) is 36.7 Å². The number of fused-ring (bicyclic) bond motifs is 3. The summed E-state index contributed by atoms with van der Waals surface area (Å²) in [4.78, 5) is 11.4. The lowest BCUT2D eigenvalue weighted by atomic mass is 9.86. The molecule has 3 N–H and O–H groups in total. The van der Waals surface area contributed by atoms with Gasteiger partial charge in [-0.15, -0.1) is 0 Å². The van der Waals surface area contributed by atoms with Crippen LogP contribution in [-0.2, 0) is 23.1 Å². The van der Waals surface area contributed by atoms with Gasteiger partial charge in [0.2, 0.25) is 0 Å². The van der Waals surface area contributed by atoms with E-state index in [-0.39, 0.29) is 22.5 Å². The predicted octanol–water partition coefficient (Wildman–Crippen LogP) is 6.55. The molecule has 0 radical (unpaired) electrons. The van der Waals surface area contributed by atoms with Crippen molar-refractivity contribution in [3.8, 4) is 5.75 Å². The van der Waals surface area contributed by atoms with Crippen molar-refractivity contribution in [2.45, 2.75) is 82.4 Å². The van der Waals surface area contributed by atoms with Crippen molar-refractivity contribution in [3.05, 3.63) is 94.8 Å². The Bertz CT molecular complexity index is 2110. The molecule has 0 unspecified atom stereocenters. The zero-order chi connectivity index (χ0) is 36.6. The molecule has 0 saturated carbocycles. The van der Waals surface area contributed by atoms with Gasteiger partial charge in [0.1, 0.15) is 17.4 Å². The van der Waals surface area contributed by atoms with Gasteiger partial charge in [-0.3, -0.25) is 4.55 Å². The number of aromatic nitrogens is 4. The Morgan fingerprint density at radius 2 is 1.65 bits per heavy atom. The van der Waals surface area contributed by atoms with Gasteiger partial charge in [0, 0.05) is 56.1 Å². The average molecular weight is 727 g/mol. The SMILES string of the molecule is CC(C)c1noc(N2CCC([C@H](C)Oc3ccc4c(c3)nc3n4C[C@H](N)[C@@H](c4cc(F)c(F)cc4F)C3)CC2)n1.Cc1ccc(S(=O)(=O)O)cc1. The number of rotatable bonds is 7. The molecular formula is C36H41F3N6O5S. The minimum atomic E-state index is -4.02. The fourth-order valence-electron chi connectivity index (χ4n) is 6.61. The predicted molar refractivity (Wildman–Crippen MR) is 185 cm³/mol. The molecule has 7 rings (SSSR count). The highest BCUT2D eigenvalue weighted by atomic mass is 32.2. The zero-order valence-electron chi connectivity index (χ0n) is 28.8. The zero-order valence-corrected chi connectivity index (χ0v) is 29.6. The van der Waals surface area contributed by atoms with Crippen molar-refractivity contribution < 1.29 is 35.4 Å². The Balaban J connectivity index is 0.000000349. The molecule has 2 aromatic heterocycles. The van der Waals surface area contributed by atoms with E-state index in [9.17, 15) is 21.6 Å². The van der Waals surface area contributed by atoms with E-state index in [1.54, 1.807) is 12.1 Å². The van der Waals surface area contributed by atoms with Crippen LogP contribution >= 0.6 is 0 Å². The molecule has 2 aliphatic heterocycles. The van der Waals surface area contributed by atoms with Crippen LogP contribution in [0.15, 0.2) is 64.0 Å². The third kappa shape index (κ3) is 8.05. The highest BCUT2D eigenvalue weighted by Gasteiger charge is 2.33. The monoisotopic (exact) mass is 726 g/mol. The molecular weight excluding hydrogens is 685 g/mol. The second-order valence-electron chi connectivity index (χ2n) is 13.6. The summed E-state index contributed by atoms with van der Waals surface area (Å²) in [6.45, 7) is 10.1. The van der Waals surface area contributed by atoms with Crippen LogP contribution in [0.25, 0.3) is 11.0 Å². The second kappa shape index (κ2) is 14.6. The number of aryl methyl sites for hydroxylation is 1. The summed E-state index contributed by atoms with van der Waals surface area (Å²) in [5.41, 5.74) is 9.09. The third-order valence-electron chi connectivity index (χ3n) is 9.61. The maximum absolute atomic E-state index is 14.5. The largest absolute Gasteiger partial charge is 0.490 e. The quantitative estimate of drug-likeness (QED) is 0.140. The highest BCUT2D eigenvalue weighted by molar-refractivity contribution is 7.85. The number of imidazole rings is 1. The molecule has 1 saturated heterocycles. The van der Waals surface area contributed by atoms with Crippen molar-refractivity contribution in [1.29, 1.82) is 0 Å². The van der Waals surface area contributed by atoms with Crippen molar-refractivity contribution in [2.24, 2.45) is 11.7 Å². The van der Waals surface area contributed by atoms with E-state index >= 15 is 0 Å². The van der Waals surface area contributed by atoms with Crippen molar-refractivity contribution in [2.75, 3.05) is 18.0 Å². The molecule has 5 aromatic rings. The molecule has 3 aromatic carbocycles. The van der Waals surface area contributed by atoms with E-state index in [2.05, 4.69) is 22.0 Å². The third-order valence-corrected chi connectivity index (χ3v) is 10.5. The fourth-order valence-corrected chi connectivity index (χ4v) is 7.09. The molecule has 15 heteroatoms. The number of halogens is 3. The topological polar surface area (TPSA) is 150 Å². The molecule has 1 fully saturated rings. The second-order valence-corrected chi connectivity index (χ2v) is 15.0. The van der Waals surface area contributed by atoms with E-state index in [0.29, 0.717) is 31.0 Å². The first-order valence-corrected chi connectivity index (χ1v) is 18.3. The van der Waals surface area contributed by atoms with Crippen LogP contribution in [0, 0.1) is 30.3 Å². The van der Waals surface area contributed by atoms with Crippen LogP contribution in [0.5, 0.6) is 5.75 Å². The highest BCUT2D eigenvalue weighted by Crippen LogP contribution is 2.35. The van der Waals surface area contributed by atoms with E-state index in [1.165, 1.54) is 12.1 Å². The van der Waals surface area contributed by atoms with Crippen LogP contribution in [0.3, 0.4) is 0 Å². The lowest BCUT2D eigenvalue weighted by Crippen LogP contribution is -2.39. The van der Waals surface area contributed by atoms with Crippen LogP contribution in [0.1, 0.15) is 68.2 Å². The molecule has 3 atom stereocenters. The number of hydrogen-bond donors (Lipinski definition) is 2. The molecule has 0 amide bonds. The summed E-state index contributed by atoms with van der Waals surface area (Å²) in [6, 6.07) is 13.4. The van der Waals surface area contributed by atoms with Gasteiger partial charge in [-0.05, 0) is 68.5 Å². The van der Waals surface area contributed by atoms with Crippen LogP contribution in [0.2, 0.25) is 0 Å². The number of ether oxygens (including phenoxy) is 1. The number of benzene rings is 3. The molecule has 4 heterocycles. The average Bonchev–Trinajstić information content (AvgIpc) is 3.72. The Morgan fingerprint density at radius 3 is 2.29 bits per heavy atom. The summed E-state index contributed by atoms with van der Waals surface area (Å²) in [7, 11) is -4.02. The maximum Gasteiger partial charge on any atom is 0.324 e. The maximum atomic E-state index is 14.5. The Hall–Kier alpha value is -4.47. The Kier molecular flexibility index (Phi) is 10.4. The van der Waals surface area contributed by atoms with Crippen LogP contribution in [0.4, 0.5) is 19.2 Å². The minimum absolute atomic E-state index is 0.0000923. The first kappa shape index (κ1) is 36.3. The number of hydrogen-bond acceptors (Lipinski definition) is 9. The van der Waals surface area contributed by atoms with E-state index in [4.69, 9.17) is 24.5 Å². The standard InChI is InChI=1S/C29H33F3N6O2.C7H8O3S/c1-15(2)28-35-29(40-36-28)37-8-6-17(7-9-37)16(3)39-18-4-5-26-25(10-18)34-27-12-20(24(33)14-38(26)27)19-11-22(31)23(32)13-21(19)30;1-6-2-4-7(5-3-6)11(8,9)10/h4-5,10-11,13,15-17,20,24H,6-9,12,14,33H2,1-3H3;2-5H,1H3,(H,8,9,10)/t16-,20+,24-;/m0./s1. The summed E-state index contributed by atoms with van der Waals surface area (Å²) in [5, 5.41) is 4.07. The molecule has 2 aliphatic rings. The van der Waals surface area contributed by atoms with E-state index in [1.807, 2.05) is 43.5 Å². The van der Waals surface area contributed by atoms with Crippen molar-refractivity contribution in [1.82, 2.24) is 19.7 Å².